The summed E-state index contributed by atoms with van der Waals surface area (Å²) < 4.78 is 1.86. The van der Waals surface area contributed by atoms with Crippen LogP contribution in [0.4, 0.5) is 0 Å². The van der Waals surface area contributed by atoms with Crippen molar-refractivity contribution in [3.63, 3.8) is 0 Å². The SMILES string of the molecule is CCNC(Cc1cccc(C)c1)c1ccn(C)n1. The summed E-state index contributed by atoms with van der Waals surface area (Å²) in [6, 6.07) is 11.0. The van der Waals surface area contributed by atoms with E-state index in [0.29, 0.717) is 0 Å². The lowest BCUT2D eigenvalue weighted by atomic mass is 10.0. The summed E-state index contributed by atoms with van der Waals surface area (Å²) in [4.78, 5) is 0. The minimum Gasteiger partial charge on any atom is -0.309 e. The molecule has 0 amide bonds. The maximum Gasteiger partial charge on any atom is 0.0797 e. The molecule has 0 saturated heterocycles. The number of rotatable bonds is 5. The highest BCUT2D eigenvalue weighted by Gasteiger charge is 2.13. The smallest absolute Gasteiger partial charge is 0.0797 e. The molecule has 2 aromatic rings. The molecule has 0 fully saturated rings. The summed E-state index contributed by atoms with van der Waals surface area (Å²) in [6.07, 6.45) is 2.97. The molecule has 0 bridgehead atoms. The van der Waals surface area contributed by atoms with Gasteiger partial charge in [-0.3, -0.25) is 4.68 Å². The zero-order valence-electron chi connectivity index (χ0n) is 11.4. The second-order valence-electron chi connectivity index (χ2n) is 4.72. The third-order valence-corrected chi connectivity index (χ3v) is 3.06. The minimum atomic E-state index is 0.290. The summed E-state index contributed by atoms with van der Waals surface area (Å²) in [7, 11) is 1.96. The summed E-state index contributed by atoms with van der Waals surface area (Å²) in [5.74, 6) is 0. The average Bonchev–Trinajstić information content (AvgIpc) is 2.75. The first-order valence-corrected chi connectivity index (χ1v) is 6.47. The monoisotopic (exact) mass is 243 g/mol. The largest absolute Gasteiger partial charge is 0.309 e. The van der Waals surface area contributed by atoms with E-state index in [0.717, 1.165) is 18.7 Å². The summed E-state index contributed by atoms with van der Waals surface area (Å²) >= 11 is 0. The minimum absolute atomic E-state index is 0.290. The van der Waals surface area contributed by atoms with Crippen LogP contribution in [0, 0.1) is 6.92 Å². The third kappa shape index (κ3) is 3.20. The van der Waals surface area contributed by atoms with Crippen LogP contribution in [0.25, 0.3) is 0 Å². The Hall–Kier alpha value is -1.61. The first-order valence-electron chi connectivity index (χ1n) is 6.47. The number of aromatic nitrogens is 2. The summed E-state index contributed by atoms with van der Waals surface area (Å²) in [6.45, 7) is 5.21. The predicted octanol–water partition coefficient (Wildman–Crippen LogP) is 2.62. The number of hydrogen-bond acceptors (Lipinski definition) is 2. The normalized spacial score (nSPS) is 12.6. The summed E-state index contributed by atoms with van der Waals surface area (Å²) in [5.41, 5.74) is 3.77. The Kier molecular flexibility index (Phi) is 4.15. The van der Waals surface area contributed by atoms with Crippen LogP contribution in [-0.2, 0) is 13.5 Å². The van der Waals surface area contributed by atoms with Crippen molar-refractivity contribution in [3.05, 3.63) is 53.3 Å². The number of hydrogen-bond donors (Lipinski definition) is 1. The van der Waals surface area contributed by atoms with E-state index < -0.39 is 0 Å². The van der Waals surface area contributed by atoms with E-state index in [9.17, 15) is 0 Å². The van der Waals surface area contributed by atoms with Gasteiger partial charge in [0.15, 0.2) is 0 Å². The zero-order valence-corrected chi connectivity index (χ0v) is 11.4. The predicted molar refractivity (Wildman–Crippen MR) is 74.5 cm³/mol. The van der Waals surface area contributed by atoms with Gasteiger partial charge >= 0.3 is 0 Å². The van der Waals surface area contributed by atoms with Gasteiger partial charge < -0.3 is 5.32 Å². The van der Waals surface area contributed by atoms with Crippen LogP contribution >= 0.6 is 0 Å². The topological polar surface area (TPSA) is 29.9 Å². The molecule has 1 N–H and O–H groups in total. The maximum absolute atomic E-state index is 4.50. The Bertz CT molecular complexity index is 502. The standard InChI is InChI=1S/C15H21N3/c1-4-16-15(14-8-9-18(3)17-14)11-13-7-5-6-12(2)10-13/h5-10,15-16H,4,11H2,1-3H3. The fraction of sp³-hybridized carbons (Fsp3) is 0.400. The fourth-order valence-corrected chi connectivity index (χ4v) is 2.22. The van der Waals surface area contributed by atoms with Gasteiger partial charge in [0.25, 0.3) is 0 Å². The molecular weight excluding hydrogens is 222 g/mol. The number of benzene rings is 1. The molecule has 1 aromatic carbocycles. The highest BCUT2D eigenvalue weighted by molar-refractivity contribution is 5.24. The van der Waals surface area contributed by atoms with Crippen molar-refractivity contribution in [1.82, 2.24) is 15.1 Å². The molecule has 3 nitrogen and oxygen atoms in total. The van der Waals surface area contributed by atoms with Crippen LogP contribution in [0.2, 0.25) is 0 Å². The highest BCUT2D eigenvalue weighted by atomic mass is 15.3. The van der Waals surface area contributed by atoms with E-state index in [2.05, 4.69) is 54.6 Å². The average molecular weight is 243 g/mol. The molecule has 1 atom stereocenters. The summed E-state index contributed by atoms with van der Waals surface area (Å²) in [5, 5.41) is 8.01. The van der Waals surface area contributed by atoms with Crippen molar-refractivity contribution >= 4 is 0 Å². The van der Waals surface area contributed by atoms with Gasteiger partial charge in [-0.15, -0.1) is 0 Å². The molecule has 0 spiro atoms. The molecule has 1 heterocycles. The van der Waals surface area contributed by atoms with Crippen LogP contribution in [-0.4, -0.2) is 16.3 Å². The number of nitrogens with one attached hydrogen (secondary N) is 1. The number of likely N-dealkylation sites (N-methyl/N-ethyl adjacent to an activating group) is 1. The van der Waals surface area contributed by atoms with E-state index >= 15 is 0 Å². The molecule has 0 saturated carbocycles. The molecule has 0 radical (unpaired) electrons. The van der Waals surface area contributed by atoms with E-state index in [-0.39, 0.29) is 6.04 Å². The van der Waals surface area contributed by atoms with Gasteiger partial charge in [0.05, 0.1) is 11.7 Å². The van der Waals surface area contributed by atoms with Gasteiger partial charge in [-0.1, -0.05) is 36.8 Å². The van der Waals surface area contributed by atoms with Gasteiger partial charge in [0.1, 0.15) is 0 Å². The van der Waals surface area contributed by atoms with Crippen molar-refractivity contribution in [3.8, 4) is 0 Å². The van der Waals surface area contributed by atoms with E-state index in [1.54, 1.807) is 0 Å². The third-order valence-electron chi connectivity index (χ3n) is 3.06. The zero-order chi connectivity index (χ0) is 13.0. The molecule has 1 aromatic heterocycles. The Labute approximate surface area is 109 Å². The van der Waals surface area contributed by atoms with E-state index in [4.69, 9.17) is 0 Å². The van der Waals surface area contributed by atoms with Gasteiger partial charge in [-0.25, -0.2) is 0 Å². The molecule has 0 aliphatic rings. The van der Waals surface area contributed by atoms with Crippen LogP contribution in [0.3, 0.4) is 0 Å². The van der Waals surface area contributed by atoms with Gasteiger partial charge in [-0.2, -0.15) is 5.10 Å². The lowest BCUT2D eigenvalue weighted by Crippen LogP contribution is -2.23. The lowest BCUT2D eigenvalue weighted by molar-refractivity contribution is 0.528. The van der Waals surface area contributed by atoms with Crippen molar-refractivity contribution in [2.45, 2.75) is 26.3 Å². The molecular formula is C15H21N3. The van der Waals surface area contributed by atoms with Crippen LogP contribution in [0.15, 0.2) is 36.5 Å². The molecule has 96 valence electrons. The Morgan fingerprint density at radius 1 is 1.33 bits per heavy atom. The van der Waals surface area contributed by atoms with Gasteiger partial charge in [0.2, 0.25) is 0 Å². The second kappa shape index (κ2) is 5.83. The molecule has 3 heteroatoms. The van der Waals surface area contributed by atoms with Gasteiger partial charge in [0, 0.05) is 13.2 Å². The number of nitrogens with zero attached hydrogens (tertiary/aromatic N) is 2. The van der Waals surface area contributed by atoms with Crippen molar-refractivity contribution in [2.24, 2.45) is 7.05 Å². The first kappa shape index (κ1) is 12.8. The Balaban J connectivity index is 2.16. The van der Waals surface area contributed by atoms with E-state index in [1.807, 2.05) is 17.9 Å². The van der Waals surface area contributed by atoms with Gasteiger partial charge in [-0.05, 0) is 31.5 Å². The van der Waals surface area contributed by atoms with Crippen molar-refractivity contribution in [2.75, 3.05) is 6.54 Å². The first-order chi connectivity index (χ1) is 8.69. The number of aryl methyl sites for hydroxylation is 2. The van der Waals surface area contributed by atoms with Crippen LogP contribution < -0.4 is 5.32 Å². The molecule has 0 aliphatic heterocycles. The molecule has 0 aliphatic carbocycles. The second-order valence-corrected chi connectivity index (χ2v) is 4.72. The van der Waals surface area contributed by atoms with Crippen LogP contribution in [0.5, 0.6) is 0 Å². The highest BCUT2D eigenvalue weighted by Crippen LogP contribution is 2.17. The Morgan fingerprint density at radius 3 is 2.78 bits per heavy atom. The Morgan fingerprint density at radius 2 is 2.17 bits per heavy atom. The lowest BCUT2D eigenvalue weighted by Gasteiger charge is -2.16. The van der Waals surface area contributed by atoms with E-state index in [1.165, 1.54) is 11.1 Å². The fourth-order valence-electron chi connectivity index (χ4n) is 2.22. The maximum atomic E-state index is 4.50. The molecule has 18 heavy (non-hydrogen) atoms. The quantitative estimate of drug-likeness (QED) is 0.875. The van der Waals surface area contributed by atoms with Crippen molar-refractivity contribution in [1.29, 1.82) is 0 Å². The molecule has 1 unspecified atom stereocenters. The molecule has 2 rings (SSSR count). The van der Waals surface area contributed by atoms with Crippen LogP contribution in [0.1, 0.15) is 29.8 Å². The van der Waals surface area contributed by atoms with Crippen molar-refractivity contribution < 1.29 is 0 Å².